The minimum atomic E-state index is 0.799. The van der Waals surface area contributed by atoms with Gasteiger partial charge in [-0.2, -0.15) is 0 Å². The van der Waals surface area contributed by atoms with Crippen LogP contribution >= 0.6 is 0 Å². The van der Waals surface area contributed by atoms with Crippen LogP contribution in [0.25, 0.3) is 0 Å². The van der Waals surface area contributed by atoms with E-state index >= 15 is 0 Å². The second-order valence-electron chi connectivity index (χ2n) is 6.16. The summed E-state index contributed by atoms with van der Waals surface area (Å²) in [6.07, 6.45) is 13.6. The Balaban J connectivity index is 1.57. The Morgan fingerprint density at radius 3 is 2.79 bits per heavy atom. The molecule has 0 heteroatoms. The van der Waals surface area contributed by atoms with Crippen LogP contribution in [0.3, 0.4) is 0 Å². The average Bonchev–Trinajstić information content (AvgIpc) is 3.03. The highest BCUT2D eigenvalue weighted by Gasteiger charge is 2.85. The van der Waals surface area contributed by atoms with Gasteiger partial charge in [-0.05, 0) is 54.3 Å². The first-order valence-corrected chi connectivity index (χ1v) is 6.32. The summed E-state index contributed by atoms with van der Waals surface area (Å²) in [6, 6.07) is 0. The summed E-state index contributed by atoms with van der Waals surface area (Å²) in [6.45, 7) is 0. The van der Waals surface area contributed by atoms with E-state index in [4.69, 9.17) is 0 Å². The highest BCUT2D eigenvalue weighted by atomic mass is 14.9. The zero-order chi connectivity index (χ0) is 8.91. The van der Waals surface area contributed by atoms with Crippen molar-refractivity contribution in [3.63, 3.8) is 0 Å². The van der Waals surface area contributed by atoms with Crippen LogP contribution in [-0.2, 0) is 0 Å². The minimum Gasteiger partial charge on any atom is -0.0810 e. The SMILES string of the molecule is C1=C[C@@H]2C[C@H]1C=C2C12CCCC3C1C32. The van der Waals surface area contributed by atoms with Crippen LogP contribution in [0.4, 0.5) is 0 Å². The molecule has 2 unspecified atom stereocenters. The zero-order valence-corrected chi connectivity index (χ0v) is 8.45. The smallest absolute Gasteiger partial charge is 0.000850 e. The maximum atomic E-state index is 2.64. The van der Waals surface area contributed by atoms with Crippen LogP contribution in [0.1, 0.15) is 25.7 Å². The molecule has 3 saturated carbocycles. The number of allylic oxidation sites excluding steroid dienone is 4. The molecule has 0 aliphatic heterocycles. The van der Waals surface area contributed by atoms with Gasteiger partial charge >= 0.3 is 0 Å². The fourth-order valence-corrected chi connectivity index (χ4v) is 5.31. The Morgan fingerprint density at radius 1 is 1.21 bits per heavy atom. The maximum absolute atomic E-state index is 2.64. The molecule has 0 aromatic rings. The van der Waals surface area contributed by atoms with Crippen molar-refractivity contribution in [1.82, 2.24) is 0 Å². The Labute approximate surface area is 85.1 Å². The molecule has 5 aliphatic rings. The first-order valence-electron chi connectivity index (χ1n) is 6.32. The number of fused-ring (bicyclic) bond motifs is 4. The van der Waals surface area contributed by atoms with Gasteiger partial charge in [-0.1, -0.05) is 30.2 Å². The molecule has 0 saturated heterocycles. The molecule has 0 aromatic carbocycles. The molecule has 0 spiro atoms. The zero-order valence-electron chi connectivity index (χ0n) is 8.45. The largest absolute Gasteiger partial charge is 0.0810 e. The van der Waals surface area contributed by atoms with Gasteiger partial charge in [0.2, 0.25) is 0 Å². The van der Waals surface area contributed by atoms with Gasteiger partial charge in [-0.25, -0.2) is 0 Å². The van der Waals surface area contributed by atoms with Crippen molar-refractivity contribution in [1.29, 1.82) is 0 Å². The molecule has 0 aromatic heterocycles. The second-order valence-corrected chi connectivity index (χ2v) is 6.16. The van der Waals surface area contributed by atoms with Crippen LogP contribution in [-0.4, -0.2) is 0 Å². The summed E-state index contributed by atoms with van der Waals surface area (Å²) in [7, 11) is 0. The first kappa shape index (κ1) is 6.87. The summed E-state index contributed by atoms with van der Waals surface area (Å²) in [5.41, 5.74) is 2.70. The van der Waals surface area contributed by atoms with E-state index in [1.165, 1.54) is 30.6 Å². The van der Waals surface area contributed by atoms with E-state index < -0.39 is 0 Å². The van der Waals surface area contributed by atoms with Crippen molar-refractivity contribution < 1.29 is 0 Å². The van der Waals surface area contributed by atoms with Crippen molar-refractivity contribution in [3.05, 3.63) is 23.8 Å². The monoisotopic (exact) mass is 184 g/mol. The van der Waals surface area contributed by atoms with Gasteiger partial charge in [0, 0.05) is 0 Å². The van der Waals surface area contributed by atoms with Gasteiger partial charge in [-0.3, -0.25) is 0 Å². The lowest BCUT2D eigenvalue weighted by atomic mass is 9.69. The predicted octanol–water partition coefficient (Wildman–Crippen LogP) is 3.16. The molecule has 2 bridgehead atoms. The van der Waals surface area contributed by atoms with Gasteiger partial charge in [-0.15, -0.1) is 0 Å². The van der Waals surface area contributed by atoms with Crippen molar-refractivity contribution in [2.75, 3.05) is 0 Å². The molecule has 0 nitrogen and oxygen atoms in total. The van der Waals surface area contributed by atoms with E-state index in [1.54, 1.807) is 12.8 Å². The third-order valence-electron chi connectivity index (χ3n) is 5.82. The molecule has 0 heterocycles. The lowest BCUT2D eigenvalue weighted by molar-refractivity contribution is 0.233. The highest BCUT2D eigenvalue weighted by Crippen LogP contribution is 2.90. The maximum Gasteiger partial charge on any atom is -0.000850 e. The van der Waals surface area contributed by atoms with Gasteiger partial charge < -0.3 is 0 Å². The predicted molar refractivity (Wildman–Crippen MR) is 55.6 cm³/mol. The number of hydrogen-bond donors (Lipinski definition) is 0. The molecule has 0 amide bonds. The highest BCUT2D eigenvalue weighted by molar-refractivity contribution is 5.48. The van der Waals surface area contributed by atoms with Crippen LogP contribution in [0.5, 0.6) is 0 Å². The molecule has 3 fully saturated rings. The van der Waals surface area contributed by atoms with Crippen LogP contribution < -0.4 is 0 Å². The van der Waals surface area contributed by atoms with Crippen LogP contribution in [0, 0.1) is 35.0 Å². The summed E-state index contributed by atoms with van der Waals surface area (Å²) in [4.78, 5) is 0. The molecule has 72 valence electrons. The topological polar surface area (TPSA) is 0 Å². The third kappa shape index (κ3) is 0.515. The van der Waals surface area contributed by atoms with Crippen LogP contribution in [0.2, 0.25) is 0 Å². The van der Waals surface area contributed by atoms with Gasteiger partial charge in [0.05, 0.1) is 0 Å². The Morgan fingerprint density at radius 2 is 2.14 bits per heavy atom. The van der Waals surface area contributed by atoms with Gasteiger partial charge in [0.1, 0.15) is 0 Å². The van der Waals surface area contributed by atoms with E-state index in [9.17, 15) is 0 Å². The third-order valence-corrected chi connectivity index (χ3v) is 5.82. The van der Waals surface area contributed by atoms with Gasteiger partial charge in [0.25, 0.3) is 0 Å². The molecular weight excluding hydrogens is 168 g/mol. The van der Waals surface area contributed by atoms with E-state index in [0.717, 1.165) is 17.3 Å². The summed E-state index contributed by atoms with van der Waals surface area (Å²) >= 11 is 0. The molecule has 5 aliphatic carbocycles. The molecule has 14 heavy (non-hydrogen) atoms. The minimum absolute atomic E-state index is 0.799. The molecule has 5 rings (SSSR count). The Kier molecular flexibility index (Phi) is 0.869. The summed E-state index contributed by atoms with van der Waals surface area (Å²) in [5.74, 6) is 5.26. The van der Waals surface area contributed by atoms with Gasteiger partial charge in [0.15, 0.2) is 0 Å². The van der Waals surface area contributed by atoms with E-state index in [-0.39, 0.29) is 0 Å². The quantitative estimate of drug-likeness (QED) is 0.549. The summed E-state index contributed by atoms with van der Waals surface area (Å²) in [5, 5.41) is 0. The average molecular weight is 184 g/mol. The van der Waals surface area contributed by atoms with Crippen molar-refractivity contribution in [3.8, 4) is 0 Å². The number of hydrogen-bond acceptors (Lipinski definition) is 0. The Hall–Kier alpha value is -0.520. The standard InChI is InChI=1S/C14H16/c1-2-10-12-13(10)14(12,5-1)11-7-8-3-4-9(11)6-8/h3-4,7-10,12-13H,1-2,5-6H2/t8-,9+,10?,12?,13?,14?/m0/s1. The van der Waals surface area contributed by atoms with Crippen molar-refractivity contribution >= 4 is 0 Å². The van der Waals surface area contributed by atoms with E-state index in [0.29, 0.717) is 0 Å². The van der Waals surface area contributed by atoms with Crippen molar-refractivity contribution in [2.45, 2.75) is 25.7 Å². The van der Waals surface area contributed by atoms with Crippen molar-refractivity contribution in [2.24, 2.45) is 35.0 Å². The fourth-order valence-electron chi connectivity index (χ4n) is 5.31. The lowest BCUT2D eigenvalue weighted by Crippen LogP contribution is -2.26. The normalized spacial score (nSPS) is 65.1. The van der Waals surface area contributed by atoms with Crippen LogP contribution in [0.15, 0.2) is 23.8 Å². The van der Waals surface area contributed by atoms with E-state index in [1.807, 2.05) is 5.57 Å². The molecule has 4 atom stereocenters. The first-order chi connectivity index (χ1) is 6.91. The molecule has 0 radical (unpaired) electrons. The second kappa shape index (κ2) is 1.77. The molecule has 0 N–H and O–H groups in total. The van der Waals surface area contributed by atoms with E-state index in [2.05, 4.69) is 18.2 Å². The lowest BCUT2D eigenvalue weighted by Gasteiger charge is -2.35. The summed E-state index contributed by atoms with van der Waals surface area (Å²) < 4.78 is 0. The fraction of sp³-hybridized carbons (Fsp3) is 0.714. The molecular formula is C14H16. The Bertz CT molecular complexity index is 377. The number of rotatable bonds is 1.